The predicted molar refractivity (Wildman–Crippen MR) is 120 cm³/mol. The maximum atomic E-state index is 12.3. The van der Waals surface area contributed by atoms with Crippen LogP contribution in [-0.4, -0.2) is 39.5 Å². The molecule has 0 radical (unpaired) electrons. The zero-order valence-electron chi connectivity index (χ0n) is 16.2. The minimum Gasteiger partial charge on any atom is -0.465 e. The van der Waals surface area contributed by atoms with Crippen LogP contribution in [0.3, 0.4) is 0 Å². The Labute approximate surface area is 186 Å². The summed E-state index contributed by atoms with van der Waals surface area (Å²) < 4.78 is 7.56. The van der Waals surface area contributed by atoms with Gasteiger partial charge in [0.25, 0.3) is 0 Å². The lowest BCUT2D eigenvalue weighted by molar-refractivity contribution is -0.113. The van der Waals surface area contributed by atoms with Gasteiger partial charge in [-0.05, 0) is 36.4 Å². The van der Waals surface area contributed by atoms with Gasteiger partial charge < -0.3 is 10.1 Å². The number of carbonyl (C=O) groups is 2. The second kappa shape index (κ2) is 10.2. The van der Waals surface area contributed by atoms with E-state index in [1.807, 2.05) is 28.8 Å². The predicted octanol–water partition coefficient (Wildman–Crippen LogP) is 4.41. The molecule has 1 heterocycles. The highest BCUT2D eigenvalue weighted by atomic mass is 79.9. The summed E-state index contributed by atoms with van der Waals surface area (Å²) >= 11 is 4.72. The SMILES string of the molecule is C=CCn1c(SCC(=O)Nc2ccc(C(=O)OC)cc2)nnc1-c1ccc(Br)cc1. The number of anilines is 1. The Hall–Kier alpha value is -2.91. The molecule has 0 saturated heterocycles. The number of methoxy groups -OCH3 is 1. The van der Waals surface area contributed by atoms with Gasteiger partial charge >= 0.3 is 5.97 Å². The highest BCUT2D eigenvalue weighted by Crippen LogP contribution is 2.25. The Morgan fingerprint density at radius 3 is 2.50 bits per heavy atom. The molecule has 30 heavy (non-hydrogen) atoms. The van der Waals surface area contributed by atoms with Crippen LogP contribution in [0, 0.1) is 0 Å². The van der Waals surface area contributed by atoms with E-state index in [-0.39, 0.29) is 11.7 Å². The second-order valence-electron chi connectivity index (χ2n) is 6.12. The summed E-state index contributed by atoms with van der Waals surface area (Å²) in [6.45, 7) is 4.32. The summed E-state index contributed by atoms with van der Waals surface area (Å²) in [6.07, 6.45) is 1.76. The third kappa shape index (κ3) is 5.37. The van der Waals surface area contributed by atoms with E-state index < -0.39 is 5.97 Å². The van der Waals surface area contributed by atoms with E-state index in [2.05, 4.69) is 42.8 Å². The normalized spacial score (nSPS) is 10.5. The van der Waals surface area contributed by atoms with Gasteiger partial charge in [0.1, 0.15) is 0 Å². The maximum absolute atomic E-state index is 12.3. The van der Waals surface area contributed by atoms with Gasteiger partial charge in [-0.15, -0.1) is 16.8 Å². The van der Waals surface area contributed by atoms with Crippen molar-refractivity contribution >= 4 is 45.3 Å². The molecular weight excluding hydrogens is 468 g/mol. The van der Waals surface area contributed by atoms with E-state index in [9.17, 15) is 9.59 Å². The van der Waals surface area contributed by atoms with E-state index in [0.717, 1.165) is 10.0 Å². The molecule has 0 fully saturated rings. The molecule has 0 saturated carbocycles. The van der Waals surface area contributed by atoms with Gasteiger partial charge in [0, 0.05) is 22.3 Å². The van der Waals surface area contributed by atoms with Crippen LogP contribution in [-0.2, 0) is 16.1 Å². The van der Waals surface area contributed by atoms with Crippen LogP contribution in [0.4, 0.5) is 5.69 Å². The van der Waals surface area contributed by atoms with Gasteiger partial charge in [0.05, 0.1) is 18.4 Å². The van der Waals surface area contributed by atoms with Crippen LogP contribution < -0.4 is 5.32 Å². The molecule has 1 amide bonds. The summed E-state index contributed by atoms with van der Waals surface area (Å²) in [5, 5.41) is 11.9. The first-order valence-corrected chi connectivity index (χ1v) is 10.7. The molecule has 0 aliphatic heterocycles. The lowest BCUT2D eigenvalue weighted by Gasteiger charge is -2.08. The third-order valence-corrected chi connectivity index (χ3v) is 5.55. The smallest absolute Gasteiger partial charge is 0.337 e. The molecule has 0 unspecified atom stereocenters. The zero-order valence-corrected chi connectivity index (χ0v) is 18.6. The number of nitrogens with one attached hydrogen (secondary N) is 1. The van der Waals surface area contributed by atoms with Crippen LogP contribution >= 0.6 is 27.7 Å². The van der Waals surface area contributed by atoms with E-state index in [0.29, 0.717) is 28.8 Å². The van der Waals surface area contributed by atoms with Gasteiger partial charge in [-0.25, -0.2) is 4.79 Å². The van der Waals surface area contributed by atoms with Crippen LogP contribution in [0.15, 0.2) is 70.8 Å². The maximum Gasteiger partial charge on any atom is 0.337 e. The van der Waals surface area contributed by atoms with E-state index in [1.165, 1.54) is 18.9 Å². The number of carbonyl (C=O) groups excluding carboxylic acids is 2. The van der Waals surface area contributed by atoms with E-state index in [1.54, 1.807) is 30.3 Å². The Kier molecular flexibility index (Phi) is 7.42. The molecule has 2 aromatic carbocycles. The molecule has 7 nitrogen and oxygen atoms in total. The minimum absolute atomic E-state index is 0.161. The first-order valence-electron chi connectivity index (χ1n) is 8.93. The van der Waals surface area contributed by atoms with Gasteiger partial charge in [0.2, 0.25) is 5.91 Å². The van der Waals surface area contributed by atoms with Gasteiger partial charge in [0.15, 0.2) is 11.0 Å². The Bertz CT molecular complexity index is 1050. The topological polar surface area (TPSA) is 86.1 Å². The fourth-order valence-corrected chi connectivity index (χ4v) is 3.65. The molecule has 3 rings (SSSR count). The summed E-state index contributed by atoms with van der Waals surface area (Å²) in [5.41, 5.74) is 1.94. The minimum atomic E-state index is -0.424. The van der Waals surface area contributed by atoms with Gasteiger partial charge in [-0.2, -0.15) is 0 Å². The van der Waals surface area contributed by atoms with Crippen molar-refractivity contribution in [1.29, 1.82) is 0 Å². The molecule has 0 aliphatic carbocycles. The Balaban J connectivity index is 1.66. The average molecular weight is 487 g/mol. The molecule has 0 spiro atoms. The highest BCUT2D eigenvalue weighted by Gasteiger charge is 2.15. The molecule has 0 atom stereocenters. The fourth-order valence-electron chi connectivity index (χ4n) is 2.64. The number of aromatic nitrogens is 3. The molecule has 0 bridgehead atoms. The fraction of sp³-hybridized carbons (Fsp3) is 0.143. The lowest BCUT2D eigenvalue weighted by Crippen LogP contribution is -2.15. The number of allylic oxidation sites excluding steroid dienone is 1. The molecule has 1 aromatic heterocycles. The first kappa shape index (κ1) is 21.8. The number of benzene rings is 2. The van der Waals surface area contributed by atoms with Crippen molar-refractivity contribution in [2.45, 2.75) is 11.7 Å². The Morgan fingerprint density at radius 1 is 1.17 bits per heavy atom. The van der Waals surface area contributed by atoms with Crippen LogP contribution in [0.1, 0.15) is 10.4 Å². The van der Waals surface area contributed by atoms with Crippen molar-refractivity contribution < 1.29 is 14.3 Å². The third-order valence-electron chi connectivity index (χ3n) is 4.05. The van der Waals surface area contributed by atoms with Crippen molar-refractivity contribution in [3.05, 3.63) is 71.2 Å². The zero-order chi connectivity index (χ0) is 21.5. The number of ether oxygens (including phenoxy) is 1. The van der Waals surface area contributed by atoms with E-state index in [4.69, 9.17) is 0 Å². The molecule has 9 heteroatoms. The van der Waals surface area contributed by atoms with E-state index >= 15 is 0 Å². The quantitative estimate of drug-likeness (QED) is 0.288. The van der Waals surface area contributed by atoms with Gasteiger partial charge in [-0.3, -0.25) is 9.36 Å². The number of hydrogen-bond donors (Lipinski definition) is 1. The van der Waals surface area contributed by atoms with Crippen molar-refractivity contribution in [3.8, 4) is 11.4 Å². The molecule has 154 valence electrons. The number of amides is 1. The molecular formula is C21H19BrN4O3S. The molecule has 1 N–H and O–H groups in total. The first-order chi connectivity index (χ1) is 14.5. The van der Waals surface area contributed by atoms with Gasteiger partial charge in [-0.1, -0.05) is 45.9 Å². The summed E-state index contributed by atoms with van der Waals surface area (Å²) in [6, 6.07) is 14.3. The standard InChI is InChI=1S/C21H19BrN4O3S/c1-3-12-26-19(14-4-8-16(22)9-5-14)24-25-21(26)30-13-18(27)23-17-10-6-15(7-11-17)20(28)29-2/h3-11H,1,12-13H2,2H3,(H,23,27). The van der Waals surface area contributed by atoms with Crippen molar-refractivity contribution in [3.63, 3.8) is 0 Å². The summed E-state index contributed by atoms with van der Waals surface area (Å²) in [5.74, 6) is 0.258. The van der Waals surface area contributed by atoms with Crippen LogP contribution in [0.25, 0.3) is 11.4 Å². The van der Waals surface area contributed by atoms with Crippen LogP contribution in [0.2, 0.25) is 0 Å². The second-order valence-corrected chi connectivity index (χ2v) is 7.98. The number of hydrogen-bond acceptors (Lipinski definition) is 6. The number of thioether (sulfide) groups is 1. The number of nitrogens with zero attached hydrogens (tertiary/aromatic N) is 3. The Morgan fingerprint density at radius 2 is 1.87 bits per heavy atom. The van der Waals surface area contributed by atoms with Crippen molar-refractivity contribution in [1.82, 2.24) is 14.8 Å². The lowest BCUT2D eigenvalue weighted by atomic mass is 10.2. The highest BCUT2D eigenvalue weighted by molar-refractivity contribution is 9.10. The molecule has 3 aromatic rings. The average Bonchev–Trinajstić information content (AvgIpc) is 3.15. The number of rotatable bonds is 8. The van der Waals surface area contributed by atoms with Crippen molar-refractivity contribution in [2.24, 2.45) is 0 Å². The number of halogens is 1. The number of esters is 1. The van der Waals surface area contributed by atoms with Crippen molar-refractivity contribution in [2.75, 3.05) is 18.2 Å². The largest absolute Gasteiger partial charge is 0.465 e. The monoisotopic (exact) mass is 486 g/mol. The summed E-state index contributed by atoms with van der Waals surface area (Å²) in [7, 11) is 1.32. The molecule has 0 aliphatic rings. The summed E-state index contributed by atoms with van der Waals surface area (Å²) in [4.78, 5) is 23.8. The van der Waals surface area contributed by atoms with Crippen LogP contribution in [0.5, 0.6) is 0 Å².